The third-order valence-corrected chi connectivity index (χ3v) is 3.34. The maximum atomic E-state index is 12.6. The smallest absolute Gasteiger partial charge is 0.326 e. The first kappa shape index (κ1) is 13.6. The van der Waals surface area contributed by atoms with Crippen LogP contribution in [0.3, 0.4) is 0 Å². The van der Waals surface area contributed by atoms with Gasteiger partial charge in [0, 0.05) is 24.3 Å². The monoisotopic (exact) mass is 291 g/mol. The van der Waals surface area contributed by atoms with E-state index in [0.29, 0.717) is 12.4 Å². The van der Waals surface area contributed by atoms with E-state index in [1.165, 1.54) is 6.07 Å². The zero-order chi connectivity index (χ0) is 15.0. The number of aromatic nitrogens is 2. The number of alkyl halides is 3. The second-order valence-electron chi connectivity index (χ2n) is 4.65. The molecule has 3 nitrogen and oxygen atoms in total. The van der Waals surface area contributed by atoms with E-state index in [1.54, 1.807) is 10.8 Å². The molecule has 0 aliphatic carbocycles. The molecule has 0 aliphatic rings. The van der Waals surface area contributed by atoms with Crippen LogP contribution >= 0.6 is 0 Å². The van der Waals surface area contributed by atoms with E-state index in [-0.39, 0.29) is 0 Å². The molecule has 0 radical (unpaired) electrons. The van der Waals surface area contributed by atoms with Crippen molar-refractivity contribution in [3.05, 3.63) is 59.9 Å². The summed E-state index contributed by atoms with van der Waals surface area (Å²) in [5, 5.41) is 0.974. The fourth-order valence-corrected chi connectivity index (χ4v) is 2.30. The topological polar surface area (TPSA) is 43.8 Å². The number of para-hydroxylation sites is 1. The SMILES string of the molecule is NCc1cn(-c2ccc(C(F)(F)F)cn2)c2ccccc12. The molecule has 0 aliphatic heterocycles. The molecule has 0 atom stereocenters. The predicted octanol–water partition coefficient (Wildman–Crippen LogP) is 3.50. The highest BCUT2D eigenvalue weighted by molar-refractivity contribution is 5.85. The highest BCUT2D eigenvalue weighted by Crippen LogP contribution is 2.29. The van der Waals surface area contributed by atoms with Gasteiger partial charge in [-0.25, -0.2) is 4.98 Å². The molecule has 0 unspecified atom stereocenters. The van der Waals surface area contributed by atoms with Gasteiger partial charge in [-0.15, -0.1) is 0 Å². The van der Waals surface area contributed by atoms with Crippen LogP contribution < -0.4 is 5.73 Å². The van der Waals surface area contributed by atoms with Gasteiger partial charge in [0.05, 0.1) is 11.1 Å². The lowest BCUT2D eigenvalue weighted by molar-refractivity contribution is -0.137. The third kappa shape index (κ3) is 2.38. The van der Waals surface area contributed by atoms with Gasteiger partial charge in [0.1, 0.15) is 5.82 Å². The zero-order valence-electron chi connectivity index (χ0n) is 10.9. The van der Waals surface area contributed by atoms with Crippen molar-refractivity contribution in [1.82, 2.24) is 9.55 Å². The lowest BCUT2D eigenvalue weighted by atomic mass is 10.2. The van der Waals surface area contributed by atoms with Crippen molar-refractivity contribution >= 4 is 10.9 Å². The minimum absolute atomic E-state index is 0.355. The molecule has 1 aromatic carbocycles. The average Bonchev–Trinajstić information content (AvgIpc) is 2.85. The van der Waals surface area contributed by atoms with Gasteiger partial charge in [-0.3, -0.25) is 0 Å². The molecule has 0 spiro atoms. The molecule has 2 N–H and O–H groups in total. The van der Waals surface area contributed by atoms with Crippen LogP contribution in [0.15, 0.2) is 48.8 Å². The summed E-state index contributed by atoms with van der Waals surface area (Å²) >= 11 is 0. The summed E-state index contributed by atoms with van der Waals surface area (Å²) < 4.78 is 39.5. The molecular formula is C15H12F3N3. The first-order valence-corrected chi connectivity index (χ1v) is 6.33. The maximum Gasteiger partial charge on any atom is 0.417 e. The van der Waals surface area contributed by atoms with E-state index in [2.05, 4.69) is 4.98 Å². The van der Waals surface area contributed by atoms with Crippen LogP contribution in [0.4, 0.5) is 13.2 Å². The molecule has 3 aromatic rings. The molecule has 3 rings (SSSR count). The largest absolute Gasteiger partial charge is 0.417 e. The third-order valence-electron chi connectivity index (χ3n) is 3.34. The Labute approximate surface area is 118 Å². The van der Waals surface area contributed by atoms with Crippen molar-refractivity contribution in [1.29, 1.82) is 0 Å². The zero-order valence-corrected chi connectivity index (χ0v) is 10.9. The van der Waals surface area contributed by atoms with Crippen LogP contribution in [0.25, 0.3) is 16.7 Å². The fraction of sp³-hybridized carbons (Fsp3) is 0.133. The van der Waals surface area contributed by atoms with E-state index in [9.17, 15) is 13.2 Å². The van der Waals surface area contributed by atoms with Gasteiger partial charge >= 0.3 is 6.18 Å². The van der Waals surface area contributed by atoms with E-state index < -0.39 is 11.7 Å². The fourth-order valence-electron chi connectivity index (χ4n) is 2.30. The second-order valence-corrected chi connectivity index (χ2v) is 4.65. The predicted molar refractivity (Wildman–Crippen MR) is 74.0 cm³/mol. The average molecular weight is 291 g/mol. The van der Waals surface area contributed by atoms with Gasteiger partial charge < -0.3 is 10.3 Å². The molecule has 0 amide bonds. The van der Waals surface area contributed by atoms with Gasteiger partial charge in [-0.05, 0) is 23.8 Å². The number of nitrogens with zero attached hydrogens (tertiary/aromatic N) is 2. The van der Waals surface area contributed by atoms with Crippen molar-refractivity contribution in [2.75, 3.05) is 0 Å². The van der Waals surface area contributed by atoms with Crippen LogP contribution in [0, 0.1) is 0 Å². The maximum absolute atomic E-state index is 12.6. The molecule has 2 heterocycles. The molecule has 0 saturated heterocycles. The van der Waals surface area contributed by atoms with Gasteiger partial charge in [0.15, 0.2) is 0 Å². The quantitative estimate of drug-likeness (QED) is 0.785. The Morgan fingerprint density at radius 2 is 1.86 bits per heavy atom. The van der Waals surface area contributed by atoms with E-state index >= 15 is 0 Å². The van der Waals surface area contributed by atoms with Crippen molar-refractivity contribution < 1.29 is 13.2 Å². The Balaban J connectivity index is 2.12. The minimum Gasteiger partial charge on any atom is -0.326 e. The molecule has 0 saturated carbocycles. The summed E-state index contributed by atoms with van der Waals surface area (Å²) in [6, 6.07) is 9.95. The molecule has 21 heavy (non-hydrogen) atoms. The lowest BCUT2D eigenvalue weighted by Gasteiger charge is -2.08. The van der Waals surface area contributed by atoms with Crippen molar-refractivity contribution in [2.24, 2.45) is 5.73 Å². The van der Waals surface area contributed by atoms with E-state index in [4.69, 9.17) is 5.73 Å². The number of hydrogen-bond donors (Lipinski definition) is 1. The Morgan fingerprint density at radius 3 is 2.48 bits per heavy atom. The Morgan fingerprint density at radius 1 is 1.10 bits per heavy atom. The molecule has 2 aromatic heterocycles. The second kappa shape index (κ2) is 4.89. The van der Waals surface area contributed by atoms with Crippen molar-refractivity contribution in [3.8, 4) is 5.82 Å². The van der Waals surface area contributed by atoms with Gasteiger partial charge in [0.25, 0.3) is 0 Å². The summed E-state index contributed by atoms with van der Waals surface area (Å²) in [6.07, 6.45) is -1.74. The van der Waals surface area contributed by atoms with Crippen molar-refractivity contribution in [3.63, 3.8) is 0 Å². The highest BCUT2D eigenvalue weighted by atomic mass is 19.4. The van der Waals surface area contributed by atoms with Gasteiger partial charge in [0.2, 0.25) is 0 Å². The summed E-state index contributed by atoms with van der Waals surface area (Å²) in [6.45, 7) is 0.355. The summed E-state index contributed by atoms with van der Waals surface area (Å²) in [4.78, 5) is 3.92. The number of hydrogen-bond acceptors (Lipinski definition) is 2. The Hall–Kier alpha value is -2.34. The molecule has 0 bridgehead atoms. The number of fused-ring (bicyclic) bond motifs is 1. The summed E-state index contributed by atoms with van der Waals surface area (Å²) in [5.41, 5.74) is 6.73. The number of rotatable bonds is 2. The first-order valence-electron chi connectivity index (χ1n) is 6.33. The molecule has 6 heteroatoms. The number of halogens is 3. The summed E-state index contributed by atoms with van der Waals surface area (Å²) in [5.74, 6) is 0.430. The lowest BCUT2D eigenvalue weighted by Crippen LogP contribution is -2.06. The van der Waals surface area contributed by atoms with Crippen LogP contribution in [0.1, 0.15) is 11.1 Å². The highest BCUT2D eigenvalue weighted by Gasteiger charge is 2.30. The Bertz CT molecular complexity index is 773. The molecule has 0 fully saturated rings. The van der Waals surface area contributed by atoms with Crippen molar-refractivity contribution in [2.45, 2.75) is 12.7 Å². The number of benzene rings is 1. The standard InChI is InChI=1S/C15H12F3N3/c16-15(17,18)11-5-6-14(20-8-11)21-9-10(7-19)12-3-1-2-4-13(12)21/h1-6,8-9H,7,19H2. The minimum atomic E-state index is -4.38. The molecule has 108 valence electrons. The van der Waals surface area contributed by atoms with Crippen LogP contribution in [-0.2, 0) is 12.7 Å². The van der Waals surface area contributed by atoms with E-state index in [0.717, 1.165) is 28.7 Å². The van der Waals surface area contributed by atoms with Gasteiger partial charge in [-0.1, -0.05) is 18.2 Å². The van der Waals surface area contributed by atoms with Crippen LogP contribution in [0.2, 0.25) is 0 Å². The Kier molecular flexibility index (Phi) is 3.17. The molecular weight excluding hydrogens is 279 g/mol. The summed E-state index contributed by atoms with van der Waals surface area (Å²) in [7, 11) is 0. The number of nitrogens with two attached hydrogens (primary N) is 1. The van der Waals surface area contributed by atoms with Crippen LogP contribution in [-0.4, -0.2) is 9.55 Å². The van der Waals surface area contributed by atoms with Gasteiger partial charge in [-0.2, -0.15) is 13.2 Å². The normalized spacial score (nSPS) is 12.0. The van der Waals surface area contributed by atoms with Crippen LogP contribution in [0.5, 0.6) is 0 Å². The van der Waals surface area contributed by atoms with E-state index in [1.807, 2.05) is 24.3 Å². The number of pyridine rings is 1. The first-order chi connectivity index (χ1) is 10.0.